The van der Waals surface area contributed by atoms with Gasteiger partial charge in [0.05, 0.1) is 6.10 Å². The quantitative estimate of drug-likeness (QED) is 0.652. The zero-order valence-electron chi connectivity index (χ0n) is 6.96. The van der Waals surface area contributed by atoms with E-state index >= 15 is 0 Å². The molecule has 64 valence electrons. The molecule has 2 aliphatic rings. The Morgan fingerprint density at radius 3 is 2.55 bits per heavy atom. The molecule has 0 radical (unpaired) electrons. The van der Waals surface area contributed by atoms with Gasteiger partial charge in [-0.25, -0.2) is 0 Å². The van der Waals surface area contributed by atoms with E-state index in [1.807, 2.05) is 0 Å². The highest BCUT2D eigenvalue weighted by molar-refractivity contribution is 4.90. The van der Waals surface area contributed by atoms with Crippen molar-refractivity contribution in [3.8, 4) is 0 Å². The van der Waals surface area contributed by atoms with Gasteiger partial charge in [-0.2, -0.15) is 0 Å². The Kier molecular flexibility index (Phi) is 2.14. The lowest BCUT2D eigenvalue weighted by atomic mass is 9.99. The van der Waals surface area contributed by atoms with Crippen molar-refractivity contribution in [1.82, 2.24) is 0 Å². The molecule has 11 heavy (non-hydrogen) atoms. The zero-order valence-corrected chi connectivity index (χ0v) is 6.96. The first kappa shape index (κ1) is 7.56. The third kappa shape index (κ3) is 1.74. The minimum absolute atomic E-state index is 0.343. The first-order valence-electron chi connectivity index (χ1n) is 4.75. The van der Waals surface area contributed by atoms with Gasteiger partial charge in [-0.15, -0.1) is 0 Å². The third-order valence-electron chi connectivity index (χ3n) is 2.81. The van der Waals surface area contributed by atoms with Crippen molar-refractivity contribution in [3.63, 3.8) is 0 Å². The molecule has 0 unspecified atom stereocenters. The molecule has 0 aromatic carbocycles. The topological polar surface area (TPSA) is 35.2 Å². The Morgan fingerprint density at radius 1 is 1.18 bits per heavy atom. The minimum atomic E-state index is 0.343. The van der Waals surface area contributed by atoms with Crippen molar-refractivity contribution in [2.24, 2.45) is 11.7 Å². The van der Waals surface area contributed by atoms with E-state index < -0.39 is 0 Å². The molecule has 0 amide bonds. The van der Waals surface area contributed by atoms with Crippen LogP contribution in [0.4, 0.5) is 0 Å². The molecule has 0 bridgehead atoms. The Labute approximate surface area is 68.1 Å². The summed E-state index contributed by atoms with van der Waals surface area (Å²) in [6, 6.07) is 0.343. The molecule has 0 spiro atoms. The van der Waals surface area contributed by atoms with E-state index in [1.165, 1.54) is 32.1 Å². The first-order chi connectivity index (χ1) is 5.38. The molecule has 1 aliphatic carbocycles. The number of nitrogens with two attached hydrogens (primary N) is 1. The SMILES string of the molecule is N[C@H](C1CC1)[C@@H]1CCCCO1. The second kappa shape index (κ2) is 3.11. The number of ether oxygens (including phenoxy) is 1. The summed E-state index contributed by atoms with van der Waals surface area (Å²) in [5, 5.41) is 0. The van der Waals surface area contributed by atoms with Crippen LogP contribution in [0.5, 0.6) is 0 Å². The van der Waals surface area contributed by atoms with Gasteiger partial charge in [0.1, 0.15) is 0 Å². The summed E-state index contributed by atoms with van der Waals surface area (Å²) in [7, 11) is 0. The molecule has 0 aromatic heterocycles. The van der Waals surface area contributed by atoms with Gasteiger partial charge in [0, 0.05) is 12.6 Å². The van der Waals surface area contributed by atoms with Crippen LogP contribution in [0.15, 0.2) is 0 Å². The van der Waals surface area contributed by atoms with Crippen molar-refractivity contribution in [3.05, 3.63) is 0 Å². The van der Waals surface area contributed by atoms with Crippen LogP contribution in [-0.4, -0.2) is 18.8 Å². The fraction of sp³-hybridized carbons (Fsp3) is 1.00. The Hall–Kier alpha value is -0.0800. The highest BCUT2D eigenvalue weighted by Crippen LogP contribution is 2.35. The Balaban J connectivity index is 1.81. The highest BCUT2D eigenvalue weighted by atomic mass is 16.5. The van der Waals surface area contributed by atoms with E-state index in [4.69, 9.17) is 10.5 Å². The molecule has 2 fully saturated rings. The maximum Gasteiger partial charge on any atom is 0.0728 e. The predicted molar refractivity (Wildman–Crippen MR) is 44.3 cm³/mol. The molecule has 2 nitrogen and oxygen atoms in total. The molecule has 1 aliphatic heterocycles. The van der Waals surface area contributed by atoms with Gasteiger partial charge in [-0.3, -0.25) is 0 Å². The lowest BCUT2D eigenvalue weighted by Gasteiger charge is -2.27. The van der Waals surface area contributed by atoms with Crippen LogP contribution >= 0.6 is 0 Å². The van der Waals surface area contributed by atoms with Crippen LogP contribution in [0.2, 0.25) is 0 Å². The standard InChI is InChI=1S/C9H17NO/c10-9(7-4-5-7)8-3-1-2-6-11-8/h7-9H,1-6,10H2/t8-,9+/m0/s1. The monoisotopic (exact) mass is 155 g/mol. The molecule has 1 heterocycles. The average molecular weight is 155 g/mol. The van der Waals surface area contributed by atoms with Crippen molar-refractivity contribution in [2.45, 2.75) is 44.2 Å². The molecule has 1 saturated carbocycles. The van der Waals surface area contributed by atoms with Gasteiger partial charge in [0.25, 0.3) is 0 Å². The average Bonchev–Trinajstić information content (AvgIpc) is 2.87. The first-order valence-corrected chi connectivity index (χ1v) is 4.75. The van der Waals surface area contributed by atoms with Gasteiger partial charge < -0.3 is 10.5 Å². The van der Waals surface area contributed by atoms with E-state index in [0.717, 1.165) is 12.5 Å². The summed E-state index contributed by atoms with van der Waals surface area (Å²) in [6.07, 6.45) is 6.79. The van der Waals surface area contributed by atoms with Gasteiger partial charge in [0.15, 0.2) is 0 Å². The molecule has 0 aromatic rings. The summed E-state index contributed by atoms with van der Waals surface area (Å²) < 4.78 is 5.62. The summed E-state index contributed by atoms with van der Waals surface area (Å²) in [4.78, 5) is 0. The van der Waals surface area contributed by atoms with Gasteiger partial charge in [-0.05, 0) is 38.0 Å². The Bertz CT molecular complexity index is 128. The van der Waals surface area contributed by atoms with Crippen LogP contribution in [0.1, 0.15) is 32.1 Å². The molecule has 2 atom stereocenters. The second-order valence-electron chi connectivity index (χ2n) is 3.82. The normalized spacial score (nSPS) is 35.2. The number of hydrogen-bond donors (Lipinski definition) is 1. The van der Waals surface area contributed by atoms with Gasteiger partial charge >= 0.3 is 0 Å². The maximum atomic E-state index is 6.03. The highest BCUT2D eigenvalue weighted by Gasteiger charge is 2.34. The summed E-state index contributed by atoms with van der Waals surface area (Å²) in [5.41, 5.74) is 6.03. The van der Waals surface area contributed by atoms with E-state index in [9.17, 15) is 0 Å². The number of hydrogen-bond acceptors (Lipinski definition) is 2. The smallest absolute Gasteiger partial charge is 0.0728 e. The van der Waals surface area contributed by atoms with E-state index in [1.54, 1.807) is 0 Å². The molecule has 2 heteroatoms. The van der Waals surface area contributed by atoms with E-state index in [-0.39, 0.29) is 0 Å². The third-order valence-corrected chi connectivity index (χ3v) is 2.81. The van der Waals surface area contributed by atoms with E-state index in [0.29, 0.717) is 12.1 Å². The fourth-order valence-corrected chi connectivity index (χ4v) is 1.85. The van der Waals surface area contributed by atoms with Crippen molar-refractivity contribution >= 4 is 0 Å². The zero-order chi connectivity index (χ0) is 7.68. The molecule has 2 rings (SSSR count). The summed E-state index contributed by atoms with van der Waals surface area (Å²) in [5.74, 6) is 0.790. The summed E-state index contributed by atoms with van der Waals surface area (Å²) in [6.45, 7) is 0.936. The summed E-state index contributed by atoms with van der Waals surface area (Å²) >= 11 is 0. The lowest BCUT2D eigenvalue weighted by Crippen LogP contribution is -2.40. The minimum Gasteiger partial charge on any atom is -0.377 e. The molecule has 1 saturated heterocycles. The molecular weight excluding hydrogens is 138 g/mol. The number of rotatable bonds is 2. The van der Waals surface area contributed by atoms with Gasteiger partial charge in [0.2, 0.25) is 0 Å². The van der Waals surface area contributed by atoms with Crippen molar-refractivity contribution < 1.29 is 4.74 Å². The van der Waals surface area contributed by atoms with E-state index in [2.05, 4.69) is 0 Å². The predicted octanol–water partition coefficient (Wildman–Crippen LogP) is 1.29. The Morgan fingerprint density at radius 2 is 2.00 bits per heavy atom. The van der Waals surface area contributed by atoms with Crippen molar-refractivity contribution in [1.29, 1.82) is 0 Å². The van der Waals surface area contributed by atoms with Crippen LogP contribution in [0.3, 0.4) is 0 Å². The molecule has 2 N–H and O–H groups in total. The van der Waals surface area contributed by atoms with Crippen molar-refractivity contribution in [2.75, 3.05) is 6.61 Å². The van der Waals surface area contributed by atoms with Crippen LogP contribution in [0, 0.1) is 5.92 Å². The fourth-order valence-electron chi connectivity index (χ4n) is 1.85. The maximum absolute atomic E-state index is 6.03. The van der Waals surface area contributed by atoms with Gasteiger partial charge in [-0.1, -0.05) is 0 Å². The van der Waals surface area contributed by atoms with Crippen LogP contribution in [-0.2, 0) is 4.74 Å². The molecular formula is C9H17NO. The lowest BCUT2D eigenvalue weighted by molar-refractivity contribution is -0.00369. The second-order valence-corrected chi connectivity index (χ2v) is 3.82. The largest absolute Gasteiger partial charge is 0.377 e. The van der Waals surface area contributed by atoms with Crippen LogP contribution in [0.25, 0.3) is 0 Å². The van der Waals surface area contributed by atoms with Crippen LogP contribution < -0.4 is 5.73 Å².